The summed E-state index contributed by atoms with van der Waals surface area (Å²) < 4.78 is 13.1. The molecule has 0 saturated carbocycles. The lowest BCUT2D eigenvalue weighted by molar-refractivity contribution is 0.328. The number of rotatable bonds is 1. The number of nitrogens with one attached hydrogen (secondary N) is 1. The van der Waals surface area contributed by atoms with Crippen LogP contribution in [0, 0.1) is 17.7 Å². The van der Waals surface area contributed by atoms with Crippen molar-refractivity contribution in [1.82, 2.24) is 10.3 Å². The molecule has 1 aliphatic heterocycles. The van der Waals surface area contributed by atoms with E-state index in [4.69, 9.17) is 0 Å². The second-order valence-corrected chi connectivity index (χ2v) is 4.65. The van der Waals surface area contributed by atoms with E-state index in [0.29, 0.717) is 5.92 Å². The predicted molar refractivity (Wildman–Crippen MR) is 61.3 cm³/mol. The fourth-order valence-electron chi connectivity index (χ4n) is 2.89. The van der Waals surface area contributed by atoms with Gasteiger partial charge in [-0.25, -0.2) is 4.39 Å². The van der Waals surface area contributed by atoms with Crippen molar-refractivity contribution in [1.29, 1.82) is 0 Å². The third-order valence-corrected chi connectivity index (χ3v) is 3.70. The lowest BCUT2D eigenvalue weighted by Gasteiger charge is -2.28. The Morgan fingerprint density at radius 1 is 1.38 bits per heavy atom. The highest BCUT2D eigenvalue weighted by Gasteiger charge is 2.32. The Kier molecular flexibility index (Phi) is 2.48. The average Bonchev–Trinajstić information content (AvgIpc) is 2.72. The van der Waals surface area contributed by atoms with Crippen molar-refractivity contribution >= 4 is 5.57 Å². The van der Waals surface area contributed by atoms with Crippen molar-refractivity contribution in [3.63, 3.8) is 0 Å². The third kappa shape index (κ3) is 1.65. The second kappa shape index (κ2) is 3.98. The van der Waals surface area contributed by atoms with E-state index in [0.717, 1.165) is 31.0 Å². The Hall–Kier alpha value is -1.22. The lowest BCUT2D eigenvalue weighted by atomic mass is 9.84. The van der Waals surface area contributed by atoms with Crippen LogP contribution in [0.1, 0.15) is 18.4 Å². The molecule has 0 aromatic carbocycles. The Balaban J connectivity index is 1.90. The van der Waals surface area contributed by atoms with Crippen LogP contribution in [0.4, 0.5) is 4.39 Å². The van der Waals surface area contributed by atoms with Gasteiger partial charge in [0, 0.05) is 12.7 Å². The van der Waals surface area contributed by atoms with Gasteiger partial charge in [0.05, 0.1) is 6.20 Å². The number of nitrogens with zero attached hydrogens (tertiary/aromatic N) is 1. The van der Waals surface area contributed by atoms with Crippen molar-refractivity contribution in [2.75, 3.05) is 13.1 Å². The fourth-order valence-corrected chi connectivity index (χ4v) is 2.89. The first kappa shape index (κ1) is 9.97. The summed E-state index contributed by atoms with van der Waals surface area (Å²) in [5.41, 5.74) is 2.24. The molecule has 2 heterocycles. The van der Waals surface area contributed by atoms with Gasteiger partial charge in [0.2, 0.25) is 0 Å². The molecule has 2 nitrogen and oxygen atoms in total. The number of piperidine rings is 1. The molecule has 0 bridgehead atoms. The Morgan fingerprint density at radius 2 is 2.31 bits per heavy atom. The Morgan fingerprint density at radius 3 is 3.19 bits per heavy atom. The molecular weight excluding hydrogens is 203 g/mol. The predicted octanol–water partition coefficient (Wildman–Crippen LogP) is 2.23. The highest BCUT2D eigenvalue weighted by Crippen LogP contribution is 2.40. The number of fused-ring (bicyclic) bond motifs is 1. The van der Waals surface area contributed by atoms with Crippen LogP contribution >= 0.6 is 0 Å². The normalized spacial score (nSPS) is 28.7. The topological polar surface area (TPSA) is 24.9 Å². The standard InChI is InChI=1S/C13H15FN2/c14-11-5-10(6-16-7-11)12-2-1-9-3-4-15-8-13(9)12/h2,5-7,9,13,15H,1,3-4,8H2/t9-,13+/m1/s1. The van der Waals surface area contributed by atoms with E-state index < -0.39 is 0 Å². The van der Waals surface area contributed by atoms with Crippen LogP contribution < -0.4 is 5.32 Å². The number of aromatic nitrogens is 1. The van der Waals surface area contributed by atoms with E-state index in [9.17, 15) is 4.39 Å². The summed E-state index contributed by atoms with van der Waals surface area (Å²) in [6, 6.07) is 1.59. The molecule has 1 aliphatic carbocycles. The SMILES string of the molecule is Fc1cncc(C2=CC[C@@H]3CCNC[C@H]23)c1. The van der Waals surface area contributed by atoms with Gasteiger partial charge in [0.15, 0.2) is 0 Å². The first-order valence-corrected chi connectivity index (χ1v) is 5.86. The molecule has 0 spiro atoms. The molecule has 16 heavy (non-hydrogen) atoms. The lowest BCUT2D eigenvalue weighted by Crippen LogP contribution is -2.34. The summed E-state index contributed by atoms with van der Waals surface area (Å²) in [6.07, 6.45) is 7.66. The zero-order chi connectivity index (χ0) is 11.0. The van der Waals surface area contributed by atoms with Crippen LogP contribution in [-0.2, 0) is 0 Å². The summed E-state index contributed by atoms with van der Waals surface area (Å²) >= 11 is 0. The van der Waals surface area contributed by atoms with Gasteiger partial charge in [-0.1, -0.05) is 6.08 Å². The number of hydrogen-bond acceptors (Lipinski definition) is 2. The molecule has 3 heteroatoms. The monoisotopic (exact) mass is 218 g/mol. The van der Waals surface area contributed by atoms with Crippen LogP contribution in [0.2, 0.25) is 0 Å². The van der Waals surface area contributed by atoms with E-state index >= 15 is 0 Å². The zero-order valence-electron chi connectivity index (χ0n) is 9.12. The summed E-state index contributed by atoms with van der Waals surface area (Å²) in [6.45, 7) is 2.14. The van der Waals surface area contributed by atoms with Crippen LogP contribution in [0.3, 0.4) is 0 Å². The van der Waals surface area contributed by atoms with Gasteiger partial charge in [-0.3, -0.25) is 4.98 Å². The molecule has 3 rings (SSSR count). The van der Waals surface area contributed by atoms with Gasteiger partial charge in [0.25, 0.3) is 0 Å². The van der Waals surface area contributed by atoms with Gasteiger partial charge in [-0.05, 0) is 48.4 Å². The maximum absolute atomic E-state index is 13.1. The van der Waals surface area contributed by atoms with E-state index in [1.807, 2.05) is 0 Å². The summed E-state index contributed by atoms with van der Waals surface area (Å²) in [5.74, 6) is 1.06. The average molecular weight is 218 g/mol. The molecule has 84 valence electrons. The van der Waals surface area contributed by atoms with Gasteiger partial charge < -0.3 is 5.32 Å². The minimum absolute atomic E-state index is 0.245. The van der Waals surface area contributed by atoms with Crippen LogP contribution in [0.25, 0.3) is 5.57 Å². The van der Waals surface area contributed by atoms with Gasteiger partial charge in [-0.2, -0.15) is 0 Å². The molecule has 0 unspecified atom stereocenters. The zero-order valence-corrected chi connectivity index (χ0v) is 9.12. The molecule has 2 aliphatic rings. The fraction of sp³-hybridized carbons (Fsp3) is 0.462. The van der Waals surface area contributed by atoms with Crippen molar-refractivity contribution < 1.29 is 4.39 Å². The van der Waals surface area contributed by atoms with E-state index in [1.54, 1.807) is 12.3 Å². The largest absolute Gasteiger partial charge is 0.316 e. The van der Waals surface area contributed by atoms with E-state index in [1.165, 1.54) is 18.2 Å². The smallest absolute Gasteiger partial charge is 0.142 e. The maximum Gasteiger partial charge on any atom is 0.142 e. The molecular formula is C13H15FN2. The van der Waals surface area contributed by atoms with Crippen molar-refractivity contribution in [3.05, 3.63) is 35.9 Å². The Bertz CT molecular complexity index is 428. The number of allylic oxidation sites excluding steroid dienone is 1. The molecule has 1 aromatic rings. The van der Waals surface area contributed by atoms with Crippen LogP contribution in [-0.4, -0.2) is 18.1 Å². The van der Waals surface area contributed by atoms with Crippen molar-refractivity contribution in [2.45, 2.75) is 12.8 Å². The first-order chi connectivity index (χ1) is 7.84. The minimum atomic E-state index is -0.245. The van der Waals surface area contributed by atoms with Crippen molar-refractivity contribution in [2.24, 2.45) is 11.8 Å². The Labute approximate surface area is 94.6 Å². The molecule has 0 radical (unpaired) electrons. The number of hydrogen-bond donors (Lipinski definition) is 1. The molecule has 1 N–H and O–H groups in total. The first-order valence-electron chi connectivity index (χ1n) is 5.86. The summed E-state index contributed by atoms with van der Waals surface area (Å²) in [5, 5.41) is 3.42. The number of pyridine rings is 1. The van der Waals surface area contributed by atoms with Gasteiger partial charge in [-0.15, -0.1) is 0 Å². The number of halogens is 1. The highest BCUT2D eigenvalue weighted by molar-refractivity contribution is 5.69. The molecule has 0 amide bonds. The quantitative estimate of drug-likeness (QED) is 0.782. The van der Waals surface area contributed by atoms with Gasteiger partial charge >= 0.3 is 0 Å². The third-order valence-electron chi connectivity index (χ3n) is 3.70. The van der Waals surface area contributed by atoms with Crippen molar-refractivity contribution in [3.8, 4) is 0 Å². The summed E-state index contributed by atoms with van der Waals surface area (Å²) in [7, 11) is 0. The minimum Gasteiger partial charge on any atom is -0.316 e. The van der Waals surface area contributed by atoms with Crippen LogP contribution in [0.15, 0.2) is 24.5 Å². The maximum atomic E-state index is 13.1. The molecule has 1 aromatic heterocycles. The second-order valence-electron chi connectivity index (χ2n) is 4.65. The summed E-state index contributed by atoms with van der Waals surface area (Å²) in [4.78, 5) is 3.93. The van der Waals surface area contributed by atoms with Gasteiger partial charge in [0.1, 0.15) is 5.82 Å². The van der Waals surface area contributed by atoms with E-state index in [2.05, 4.69) is 16.4 Å². The molecule has 1 saturated heterocycles. The molecule has 2 atom stereocenters. The van der Waals surface area contributed by atoms with Crippen LogP contribution in [0.5, 0.6) is 0 Å². The van der Waals surface area contributed by atoms with E-state index in [-0.39, 0.29) is 5.82 Å². The highest BCUT2D eigenvalue weighted by atomic mass is 19.1. The molecule has 1 fully saturated rings.